The van der Waals surface area contributed by atoms with Crippen LogP contribution in [0, 0.1) is 11.3 Å². The lowest BCUT2D eigenvalue weighted by Crippen LogP contribution is -2.19. The Morgan fingerprint density at radius 1 is 1.41 bits per heavy atom. The lowest BCUT2D eigenvalue weighted by Gasteiger charge is -2.12. The number of nitriles is 1. The molecule has 27 heavy (non-hydrogen) atoms. The first-order valence-electron chi connectivity index (χ1n) is 8.90. The number of fused-ring (bicyclic) bond motifs is 1. The number of nitrogens with zero attached hydrogens (tertiary/aromatic N) is 3. The number of benzene rings is 1. The van der Waals surface area contributed by atoms with Crippen LogP contribution >= 0.6 is 0 Å². The smallest absolute Gasteiger partial charge is 0.212 e. The van der Waals surface area contributed by atoms with E-state index >= 15 is 0 Å². The first kappa shape index (κ1) is 18.6. The van der Waals surface area contributed by atoms with Gasteiger partial charge in [-0.15, -0.1) is 0 Å². The SMILES string of the molecule is C=C/C(=N\C=C(\C#N)C(=C)C1=CC=Nc2ccccc2C1)OC1CCNC1. The molecule has 1 fully saturated rings. The predicted octanol–water partition coefficient (Wildman–Crippen LogP) is 3.80. The largest absolute Gasteiger partial charge is 0.473 e. The number of aliphatic imine (C=N–C) groups is 2. The summed E-state index contributed by atoms with van der Waals surface area (Å²) in [6.45, 7) is 9.57. The first-order chi connectivity index (χ1) is 13.2. The van der Waals surface area contributed by atoms with Crippen LogP contribution in [-0.2, 0) is 11.2 Å². The maximum atomic E-state index is 9.58. The Balaban J connectivity index is 1.77. The number of rotatable bonds is 5. The van der Waals surface area contributed by atoms with E-state index in [-0.39, 0.29) is 6.10 Å². The fourth-order valence-electron chi connectivity index (χ4n) is 2.97. The molecule has 1 aromatic carbocycles. The summed E-state index contributed by atoms with van der Waals surface area (Å²) < 4.78 is 5.80. The van der Waals surface area contributed by atoms with E-state index in [1.807, 2.05) is 30.3 Å². The minimum Gasteiger partial charge on any atom is -0.473 e. The maximum absolute atomic E-state index is 9.58. The van der Waals surface area contributed by atoms with Crippen molar-refractivity contribution in [3.8, 4) is 6.07 Å². The Kier molecular flexibility index (Phi) is 6.14. The van der Waals surface area contributed by atoms with Gasteiger partial charge in [0.1, 0.15) is 12.2 Å². The van der Waals surface area contributed by atoms with Gasteiger partial charge in [-0.25, -0.2) is 4.99 Å². The number of hydrogen-bond donors (Lipinski definition) is 1. The minimum absolute atomic E-state index is 0.0844. The standard InChI is InChI=1S/C22H22N4O/c1-3-22(27-20-9-10-24-15-20)26-14-19(13-23)16(2)17-8-11-25-21-7-5-4-6-18(21)12-17/h3-8,11,14,20,24H,1-2,9-10,12,15H2/b19-14-,26-22+. The van der Waals surface area contributed by atoms with Gasteiger partial charge in [0.25, 0.3) is 0 Å². The summed E-state index contributed by atoms with van der Waals surface area (Å²) in [6.07, 6.45) is 8.37. The number of ether oxygens (including phenoxy) is 1. The van der Waals surface area contributed by atoms with Gasteiger partial charge in [0.2, 0.25) is 5.90 Å². The van der Waals surface area contributed by atoms with Gasteiger partial charge < -0.3 is 10.1 Å². The molecule has 2 aliphatic heterocycles. The molecule has 1 atom stereocenters. The molecule has 2 heterocycles. The van der Waals surface area contributed by atoms with E-state index in [2.05, 4.69) is 34.5 Å². The Morgan fingerprint density at radius 2 is 2.26 bits per heavy atom. The Morgan fingerprint density at radius 3 is 3.00 bits per heavy atom. The zero-order chi connectivity index (χ0) is 19.1. The van der Waals surface area contributed by atoms with Crippen LogP contribution in [0.2, 0.25) is 0 Å². The van der Waals surface area contributed by atoms with Crippen molar-refractivity contribution in [3.05, 3.63) is 78.1 Å². The van der Waals surface area contributed by atoms with E-state index < -0.39 is 0 Å². The van der Waals surface area contributed by atoms with Gasteiger partial charge in [-0.2, -0.15) is 5.26 Å². The Bertz CT molecular complexity index is 893. The van der Waals surface area contributed by atoms with Crippen molar-refractivity contribution in [1.82, 2.24) is 5.32 Å². The molecule has 0 saturated carbocycles. The van der Waals surface area contributed by atoms with Gasteiger partial charge in [-0.05, 0) is 47.9 Å². The highest BCUT2D eigenvalue weighted by atomic mass is 16.5. The van der Waals surface area contributed by atoms with Gasteiger partial charge in [0, 0.05) is 25.4 Å². The molecule has 136 valence electrons. The van der Waals surface area contributed by atoms with E-state index in [1.165, 1.54) is 6.20 Å². The third-order valence-electron chi connectivity index (χ3n) is 4.49. The minimum atomic E-state index is 0.0844. The number of hydrogen-bond acceptors (Lipinski definition) is 5. The van der Waals surface area contributed by atoms with Crippen molar-refractivity contribution in [1.29, 1.82) is 5.26 Å². The molecule has 1 aromatic rings. The van der Waals surface area contributed by atoms with Crippen LogP contribution in [0.1, 0.15) is 12.0 Å². The fraction of sp³-hybridized carbons (Fsp3) is 0.227. The lowest BCUT2D eigenvalue weighted by atomic mass is 9.94. The van der Waals surface area contributed by atoms with Crippen molar-refractivity contribution >= 4 is 17.8 Å². The molecule has 0 bridgehead atoms. The van der Waals surface area contributed by atoms with Gasteiger partial charge in [0.15, 0.2) is 0 Å². The summed E-state index contributed by atoms with van der Waals surface area (Å²) in [4.78, 5) is 8.74. The molecule has 0 aliphatic carbocycles. The van der Waals surface area contributed by atoms with E-state index in [0.29, 0.717) is 23.5 Å². The molecule has 2 aliphatic rings. The van der Waals surface area contributed by atoms with Crippen molar-refractivity contribution in [2.75, 3.05) is 13.1 Å². The van der Waals surface area contributed by atoms with E-state index in [1.54, 1.807) is 12.3 Å². The van der Waals surface area contributed by atoms with Crippen LogP contribution in [0.4, 0.5) is 5.69 Å². The molecule has 0 amide bonds. The third-order valence-corrected chi connectivity index (χ3v) is 4.49. The van der Waals surface area contributed by atoms with Crippen LogP contribution in [0.15, 0.2) is 82.5 Å². The highest BCUT2D eigenvalue weighted by molar-refractivity contribution is 5.88. The molecule has 1 saturated heterocycles. The summed E-state index contributed by atoms with van der Waals surface area (Å²) in [5.74, 6) is 0.408. The summed E-state index contributed by atoms with van der Waals surface area (Å²) in [6, 6.07) is 10.1. The summed E-state index contributed by atoms with van der Waals surface area (Å²) in [5, 5.41) is 12.8. The molecule has 1 N–H and O–H groups in total. The van der Waals surface area contributed by atoms with E-state index in [4.69, 9.17) is 4.74 Å². The fourth-order valence-corrected chi connectivity index (χ4v) is 2.97. The van der Waals surface area contributed by atoms with Crippen LogP contribution in [-0.4, -0.2) is 31.3 Å². The van der Waals surface area contributed by atoms with Crippen molar-refractivity contribution in [2.24, 2.45) is 9.98 Å². The molecule has 1 unspecified atom stereocenters. The molecule has 5 nitrogen and oxygen atoms in total. The number of nitrogens with one attached hydrogen (secondary N) is 1. The lowest BCUT2D eigenvalue weighted by molar-refractivity contribution is 0.211. The highest BCUT2D eigenvalue weighted by Gasteiger charge is 2.17. The summed E-state index contributed by atoms with van der Waals surface area (Å²) in [7, 11) is 0. The second-order valence-corrected chi connectivity index (χ2v) is 6.31. The molecular weight excluding hydrogens is 336 g/mol. The maximum Gasteiger partial charge on any atom is 0.212 e. The molecule has 0 aromatic heterocycles. The van der Waals surface area contributed by atoms with E-state index in [0.717, 1.165) is 36.3 Å². The van der Waals surface area contributed by atoms with Crippen molar-refractivity contribution < 1.29 is 4.74 Å². The quantitative estimate of drug-likeness (QED) is 0.377. The predicted molar refractivity (Wildman–Crippen MR) is 109 cm³/mol. The van der Waals surface area contributed by atoms with Gasteiger partial charge in [-0.3, -0.25) is 4.99 Å². The third kappa shape index (κ3) is 4.69. The van der Waals surface area contributed by atoms with Crippen LogP contribution in [0.5, 0.6) is 0 Å². The number of para-hydroxylation sites is 1. The molecular formula is C22H22N4O. The van der Waals surface area contributed by atoms with E-state index in [9.17, 15) is 5.26 Å². The van der Waals surface area contributed by atoms with Crippen LogP contribution < -0.4 is 5.32 Å². The van der Waals surface area contributed by atoms with Gasteiger partial charge in [0.05, 0.1) is 11.3 Å². The first-order valence-corrected chi connectivity index (χ1v) is 8.90. The summed E-state index contributed by atoms with van der Waals surface area (Å²) >= 11 is 0. The molecule has 0 radical (unpaired) electrons. The molecule has 0 spiro atoms. The van der Waals surface area contributed by atoms with Crippen LogP contribution in [0.3, 0.4) is 0 Å². The van der Waals surface area contributed by atoms with Crippen molar-refractivity contribution in [2.45, 2.75) is 18.9 Å². The van der Waals surface area contributed by atoms with Gasteiger partial charge in [-0.1, -0.05) is 31.4 Å². The Labute approximate surface area is 159 Å². The second-order valence-electron chi connectivity index (χ2n) is 6.31. The average molecular weight is 358 g/mol. The topological polar surface area (TPSA) is 69.8 Å². The zero-order valence-electron chi connectivity index (χ0n) is 15.2. The second kappa shape index (κ2) is 8.93. The Hall–Kier alpha value is -3.23. The molecule has 3 rings (SSSR count). The monoisotopic (exact) mass is 358 g/mol. The van der Waals surface area contributed by atoms with Crippen molar-refractivity contribution in [3.63, 3.8) is 0 Å². The number of allylic oxidation sites excluding steroid dienone is 4. The van der Waals surface area contributed by atoms with Crippen LogP contribution in [0.25, 0.3) is 0 Å². The normalized spacial score (nSPS) is 19.5. The molecule has 5 heteroatoms. The van der Waals surface area contributed by atoms with Gasteiger partial charge >= 0.3 is 0 Å². The zero-order valence-corrected chi connectivity index (χ0v) is 15.2. The summed E-state index contributed by atoms with van der Waals surface area (Å²) in [5.41, 5.74) is 4.00. The highest BCUT2D eigenvalue weighted by Crippen LogP contribution is 2.28. The average Bonchev–Trinajstić information content (AvgIpc) is 3.11.